The molecule has 0 spiro atoms. The maximum atomic E-state index is 12.6. The number of benzene rings is 1. The summed E-state index contributed by atoms with van der Waals surface area (Å²) in [5.74, 6) is 3.84. The normalized spacial score (nSPS) is 17.4. The van der Waals surface area contributed by atoms with E-state index in [9.17, 15) is 4.79 Å². The predicted molar refractivity (Wildman–Crippen MR) is 161 cm³/mol. The highest BCUT2D eigenvalue weighted by atomic mass is 32.2. The Morgan fingerprint density at radius 1 is 0.977 bits per heavy atom. The van der Waals surface area contributed by atoms with Crippen LogP contribution in [0.25, 0.3) is 0 Å². The van der Waals surface area contributed by atoms with Crippen molar-refractivity contribution in [3.8, 4) is 11.5 Å². The van der Waals surface area contributed by atoms with Gasteiger partial charge in [0.15, 0.2) is 22.4 Å². The molecule has 3 aromatic rings. The smallest absolute Gasteiger partial charge is 0.287 e. The fraction of sp³-hybridized carbons (Fsp3) is 0.500. The summed E-state index contributed by atoms with van der Waals surface area (Å²) in [6.45, 7) is 9.76. The van der Waals surface area contributed by atoms with Gasteiger partial charge in [-0.05, 0) is 29.8 Å². The molecule has 2 saturated heterocycles. The lowest BCUT2D eigenvalue weighted by molar-refractivity contribution is 0.0382. The highest BCUT2D eigenvalue weighted by Gasteiger charge is 2.21. The Bertz CT molecular complexity index is 1370. The molecule has 0 aliphatic carbocycles. The van der Waals surface area contributed by atoms with Crippen LogP contribution in [0, 0.1) is 0 Å². The number of hydrogen-bond acceptors (Lipinski definition) is 12. The van der Waals surface area contributed by atoms with Crippen molar-refractivity contribution in [2.75, 3.05) is 84.4 Å². The zero-order valence-corrected chi connectivity index (χ0v) is 25.3. The number of fused-ring (bicyclic) bond motifs is 1. The van der Waals surface area contributed by atoms with E-state index in [0.29, 0.717) is 35.6 Å². The molecule has 2 aromatic heterocycles. The number of piperazine rings is 1. The molecule has 43 heavy (non-hydrogen) atoms. The van der Waals surface area contributed by atoms with Gasteiger partial charge in [-0.2, -0.15) is 0 Å². The summed E-state index contributed by atoms with van der Waals surface area (Å²) in [4.78, 5) is 29.1. The van der Waals surface area contributed by atoms with E-state index in [0.717, 1.165) is 88.6 Å². The van der Waals surface area contributed by atoms with Crippen molar-refractivity contribution >= 4 is 23.5 Å². The zero-order chi connectivity index (χ0) is 29.4. The number of furan rings is 1. The minimum atomic E-state index is -0.206. The standard InChI is InChI=1S/C30H38N6O6S/c1-38-19-23-17-28(36-10-8-35(9-11-36)18-22-2-4-25-27(16-22)41-21-40-25)33-30(32-23)43-20-24-3-5-26(42-24)29(37)31-6-7-34-12-14-39-15-13-34/h2-5,16-17H,6-15,18-21H2,1H3,(H,31,37). The number of amides is 1. The van der Waals surface area contributed by atoms with Crippen molar-refractivity contribution in [3.05, 3.63) is 59.2 Å². The second-order valence-corrected chi connectivity index (χ2v) is 11.6. The van der Waals surface area contributed by atoms with Crippen LogP contribution < -0.4 is 19.7 Å². The fourth-order valence-corrected chi connectivity index (χ4v) is 6.06. The van der Waals surface area contributed by atoms with Crippen LogP contribution in [0.15, 0.2) is 46.0 Å². The second-order valence-electron chi connectivity index (χ2n) is 10.6. The highest BCUT2D eigenvalue weighted by molar-refractivity contribution is 7.98. The molecule has 1 N–H and O–H groups in total. The summed E-state index contributed by atoms with van der Waals surface area (Å²) in [5, 5.41) is 3.60. The molecule has 2 fully saturated rings. The average molecular weight is 611 g/mol. The van der Waals surface area contributed by atoms with Crippen LogP contribution in [-0.2, 0) is 28.4 Å². The van der Waals surface area contributed by atoms with E-state index in [1.807, 2.05) is 18.2 Å². The molecule has 1 aromatic carbocycles. The summed E-state index contributed by atoms with van der Waals surface area (Å²) >= 11 is 1.48. The molecule has 12 nitrogen and oxygen atoms in total. The van der Waals surface area contributed by atoms with Crippen LogP contribution in [0.1, 0.15) is 27.6 Å². The predicted octanol–water partition coefficient (Wildman–Crippen LogP) is 2.62. The summed E-state index contributed by atoms with van der Waals surface area (Å²) < 4.78 is 27.6. The fourth-order valence-electron chi connectivity index (χ4n) is 5.29. The van der Waals surface area contributed by atoms with E-state index in [1.54, 1.807) is 13.2 Å². The van der Waals surface area contributed by atoms with Gasteiger partial charge in [-0.15, -0.1) is 0 Å². The van der Waals surface area contributed by atoms with Crippen molar-refractivity contribution < 1.29 is 28.2 Å². The zero-order valence-electron chi connectivity index (χ0n) is 24.5. The van der Waals surface area contributed by atoms with Gasteiger partial charge >= 0.3 is 0 Å². The van der Waals surface area contributed by atoms with Crippen molar-refractivity contribution in [2.45, 2.75) is 24.1 Å². The van der Waals surface area contributed by atoms with Crippen LogP contribution in [0.3, 0.4) is 0 Å². The molecule has 0 radical (unpaired) electrons. The lowest BCUT2D eigenvalue weighted by Crippen LogP contribution is -2.46. The molecule has 13 heteroatoms. The first-order valence-electron chi connectivity index (χ1n) is 14.7. The van der Waals surface area contributed by atoms with E-state index in [1.165, 1.54) is 17.3 Å². The number of aromatic nitrogens is 2. The molecular weight excluding hydrogens is 572 g/mol. The van der Waals surface area contributed by atoms with Gasteiger partial charge in [-0.1, -0.05) is 17.8 Å². The number of nitrogens with zero attached hydrogens (tertiary/aromatic N) is 5. The molecule has 3 aliphatic rings. The number of anilines is 1. The summed E-state index contributed by atoms with van der Waals surface area (Å²) in [7, 11) is 1.67. The average Bonchev–Trinajstić information content (AvgIpc) is 3.71. The monoisotopic (exact) mass is 610 g/mol. The quantitative estimate of drug-likeness (QED) is 0.240. The molecule has 0 atom stereocenters. The third-order valence-corrected chi connectivity index (χ3v) is 8.49. The third-order valence-electron chi connectivity index (χ3n) is 7.62. The van der Waals surface area contributed by atoms with E-state index >= 15 is 0 Å². The molecule has 0 bridgehead atoms. The molecule has 6 rings (SSSR count). The first-order chi connectivity index (χ1) is 21.1. The molecule has 0 unspecified atom stereocenters. The number of methoxy groups -OCH3 is 1. The van der Waals surface area contributed by atoms with Gasteiger partial charge in [0.1, 0.15) is 11.6 Å². The number of hydrogen-bond donors (Lipinski definition) is 1. The van der Waals surface area contributed by atoms with Gasteiger partial charge in [0.2, 0.25) is 6.79 Å². The van der Waals surface area contributed by atoms with Crippen LogP contribution in [0.5, 0.6) is 11.5 Å². The number of ether oxygens (including phenoxy) is 4. The maximum Gasteiger partial charge on any atom is 0.287 e. The van der Waals surface area contributed by atoms with E-state index in [2.05, 4.69) is 32.1 Å². The van der Waals surface area contributed by atoms with E-state index in [4.69, 9.17) is 33.3 Å². The van der Waals surface area contributed by atoms with Crippen molar-refractivity contribution in [2.24, 2.45) is 0 Å². The lowest BCUT2D eigenvalue weighted by atomic mass is 10.1. The largest absolute Gasteiger partial charge is 0.455 e. The summed E-state index contributed by atoms with van der Waals surface area (Å²) in [6.07, 6.45) is 0. The molecule has 0 saturated carbocycles. The first-order valence-corrected chi connectivity index (χ1v) is 15.6. The van der Waals surface area contributed by atoms with Crippen molar-refractivity contribution in [1.29, 1.82) is 0 Å². The Balaban J connectivity index is 1.01. The van der Waals surface area contributed by atoms with Gasteiger partial charge in [0.25, 0.3) is 5.91 Å². The molecule has 3 aliphatic heterocycles. The SMILES string of the molecule is COCc1cc(N2CCN(Cc3ccc4c(c3)OCO4)CC2)nc(SCc2ccc(C(=O)NCCN3CCOCC3)o2)n1. The summed E-state index contributed by atoms with van der Waals surface area (Å²) in [5.41, 5.74) is 2.05. The highest BCUT2D eigenvalue weighted by Crippen LogP contribution is 2.33. The number of carbonyl (C=O) groups excluding carboxylic acids is 1. The van der Waals surface area contributed by atoms with Gasteiger partial charge in [-0.25, -0.2) is 9.97 Å². The van der Waals surface area contributed by atoms with Gasteiger partial charge in [0.05, 0.1) is 31.3 Å². The maximum absolute atomic E-state index is 12.6. The second kappa shape index (κ2) is 14.4. The Morgan fingerprint density at radius 2 is 1.81 bits per heavy atom. The van der Waals surface area contributed by atoms with Crippen LogP contribution >= 0.6 is 11.8 Å². The van der Waals surface area contributed by atoms with Crippen LogP contribution in [0.2, 0.25) is 0 Å². The van der Waals surface area contributed by atoms with Gasteiger partial charge in [-0.3, -0.25) is 14.6 Å². The molecule has 230 valence electrons. The number of morpholine rings is 1. The summed E-state index contributed by atoms with van der Waals surface area (Å²) in [6, 6.07) is 11.7. The van der Waals surface area contributed by atoms with Gasteiger partial charge in [0, 0.05) is 72.1 Å². The Morgan fingerprint density at radius 3 is 2.65 bits per heavy atom. The first kappa shape index (κ1) is 29.7. The Kier molecular flexibility index (Phi) is 9.95. The van der Waals surface area contributed by atoms with Crippen LogP contribution in [0.4, 0.5) is 5.82 Å². The topological polar surface area (TPSA) is 115 Å². The van der Waals surface area contributed by atoms with Crippen molar-refractivity contribution in [1.82, 2.24) is 25.1 Å². The lowest BCUT2D eigenvalue weighted by Gasteiger charge is -2.35. The van der Waals surface area contributed by atoms with Crippen molar-refractivity contribution in [3.63, 3.8) is 0 Å². The van der Waals surface area contributed by atoms with E-state index < -0.39 is 0 Å². The molecule has 1 amide bonds. The molecule has 5 heterocycles. The number of thioether (sulfide) groups is 1. The molecular formula is C30H38N6O6S. The number of rotatable bonds is 12. The van der Waals surface area contributed by atoms with E-state index in [-0.39, 0.29) is 12.7 Å². The van der Waals surface area contributed by atoms with Crippen LogP contribution in [-0.4, -0.2) is 105 Å². The Labute approximate surface area is 255 Å². The number of carbonyl (C=O) groups is 1. The third kappa shape index (κ3) is 7.98. The Hall–Kier alpha value is -3.36. The minimum Gasteiger partial charge on any atom is -0.455 e. The van der Waals surface area contributed by atoms with Gasteiger partial charge < -0.3 is 33.6 Å². The number of nitrogens with one attached hydrogen (secondary N) is 1. The minimum absolute atomic E-state index is 0.206.